The predicted octanol–water partition coefficient (Wildman–Crippen LogP) is 1.34. The van der Waals surface area contributed by atoms with Crippen molar-refractivity contribution in [3.8, 4) is 0 Å². The Morgan fingerprint density at radius 3 is 2.20 bits per heavy atom. The number of rotatable bonds is 5. The van der Waals surface area contributed by atoms with Crippen molar-refractivity contribution >= 4 is 11.6 Å². The lowest BCUT2D eigenvalue weighted by Crippen LogP contribution is -2.37. The van der Waals surface area contributed by atoms with Crippen molar-refractivity contribution < 1.29 is 10.2 Å². The second-order valence-corrected chi connectivity index (χ2v) is 3.94. The molecule has 0 saturated carbocycles. The average molecular weight is 230 g/mol. The van der Waals surface area contributed by atoms with Gasteiger partial charge < -0.3 is 15.5 Å². The molecule has 0 spiro atoms. The van der Waals surface area contributed by atoms with Crippen molar-refractivity contribution in [2.45, 2.75) is 19.0 Å². The van der Waals surface area contributed by atoms with Gasteiger partial charge in [0.1, 0.15) is 0 Å². The second kappa shape index (κ2) is 6.08. The van der Waals surface area contributed by atoms with Crippen molar-refractivity contribution in [3.63, 3.8) is 0 Å². The van der Waals surface area contributed by atoms with Crippen molar-refractivity contribution in [3.05, 3.63) is 34.9 Å². The Kier molecular flexibility index (Phi) is 5.05. The first kappa shape index (κ1) is 12.5. The van der Waals surface area contributed by atoms with Gasteiger partial charge in [-0.3, -0.25) is 0 Å². The Morgan fingerprint density at radius 2 is 1.73 bits per heavy atom. The maximum Gasteiger partial charge on any atom is 0.0607 e. The summed E-state index contributed by atoms with van der Waals surface area (Å²) in [4.78, 5) is 0. The van der Waals surface area contributed by atoms with Gasteiger partial charge in [0.05, 0.1) is 19.3 Å². The molecule has 0 aromatic heterocycles. The molecule has 1 aromatic rings. The summed E-state index contributed by atoms with van der Waals surface area (Å²) < 4.78 is 0. The number of hydrogen-bond donors (Lipinski definition) is 3. The van der Waals surface area contributed by atoms with Crippen LogP contribution in [-0.2, 0) is 0 Å². The van der Waals surface area contributed by atoms with Gasteiger partial charge in [-0.1, -0.05) is 23.7 Å². The Balaban J connectivity index is 2.60. The smallest absolute Gasteiger partial charge is 0.0607 e. The second-order valence-electron chi connectivity index (χ2n) is 3.50. The van der Waals surface area contributed by atoms with Crippen LogP contribution in [0.25, 0.3) is 0 Å². The van der Waals surface area contributed by atoms with Crippen LogP contribution in [-0.4, -0.2) is 29.5 Å². The number of aliphatic hydroxyl groups excluding tert-OH is 2. The van der Waals surface area contributed by atoms with Crippen LogP contribution in [0.2, 0.25) is 5.02 Å². The van der Waals surface area contributed by atoms with Gasteiger partial charge in [-0.05, 0) is 24.6 Å². The first-order valence-corrected chi connectivity index (χ1v) is 5.28. The van der Waals surface area contributed by atoms with Crippen molar-refractivity contribution in [2.75, 3.05) is 13.2 Å². The molecule has 0 amide bonds. The highest BCUT2D eigenvalue weighted by Gasteiger charge is 2.11. The summed E-state index contributed by atoms with van der Waals surface area (Å²) >= 11 is 5.78. The van der Waals surface area contributed by atoms with E-state index >= 15 is 0 Å². The number of aliphatic hydroxyl groups is 2. The third kappa shape index (κ3) is 3.80. The van der Waals surface area contributed by atoms with E-state index in [4.69, 9.17) is 21.8 Å². The minimum atomic E-state index is -0.282. The molecule has 0 bridgehead atoms. The molecule has 1 rings (SSSR count). The predicted molar refractivity (Wildman–Crippen MR) is 61.0 cm³/mol. The van der Waals surface area contributed by atoms with E-state index in [1.54, 1.807) is 0 Å². The van der Waals surface area contributed by atoms with Gasteiger partial charge in [0.2, 0.25) is 0 Å². The van der Waals surface area contributed by atoms with Crippen LogP contribution in [0.4, 0.5) is 0 Å². The molecule has 3 N–H and O–H groups in total. The summed E-state index contributed by atoms with van der Waals surface area (Å²) in [6.45, 7) is 1.82. The highest BCUT2D eigenvalue weighted by Crippen LogP contribution is 2.16. The van der Waals surface area contributed by atoms with E-state index in [1.807, 2.05) is 31.2 Å². The van der Waals surface area contributed by atoms with E-state index in [0.717, 1.165) is 5.56 Å². The van der Waals surface area contributed by atoms with Gasteiger partial charge in [0.15, 0.2) is 0 Å². The Bertz CT molecular complexity index is 285. The maximum atomic E-state index is 8.92. The molecular weight excluding hydrogens is 214 g/mol. The van der Waals surface area contributed by atoms with Crippen LogP contribution >= 0.6 is 11.6 Å². The molecule has 0 heterocycles. The first-order chi connectivity index (χ1) is 7.17. The van der Waals surface area contributed by atoms with Crippen LogP contribution < -0.4 is 5.32 Å². The first-order valence-electron chi connectivity index (χ1n) is 4.90. The highest BCUT2D eigenvalue weighted by atomic mass is 35.5. The minimum absolute atomic E-state index is 0.0750. The molecule has 0 saturated heterocycles. The van der Waals surface area contributed by atoms with E-state index in [-0.39, 0.29) is 25.3 Å². The van der Waals surface area contributed by atoms with Crippen LogP contribution in [0.1, 0.15) is 18.5 Å². The fraction of sp³-hybridized carbons (Fsp3) is 0.455. The molecule has 3 nitrogen and oxygen atoms in total. The van der Waals surface area contributed by atoms with Crippen LogP contribution in [0.5, 0.6) is 0 Å². The molecular formula is C11H16ClNO2. The SMILES string of the molecule is CC(NC(CO)CO)c1ccc(Cl)cc1. The third-order valence-corrected chi connectivity index (χ3v) is 2.55. The number of benzene rings is 1. The zero-order valence-corrected chi connectivity index (χ0v) is 9.41. The summed E-state index contributed by atoms with van der Waals surface area (Å²) in [6, 6.07) is 7.28. The molecule has 1 atom stereocenters. The molecule has 84 valence electrons. The van der Waals surface area contributed by atoms with Gasteiger partial charge in [-0.15, -0.1) is 0 Å². The zero-order valence-electron chi connectivity index (χ0n) is 8.65. The quantitative estimate of drug-likeness (QED) is 0.715. The zero-order chi connectivity index (χ0) is 11.3. The van der Waals surface area contributed by atoms with Gasteiger partial charge in [-0.25, -0.2) is 0 Å². The summed E-state index contributed by atoms with van der Waals surface area (Å²) in [7, 11) is 0. The van der Waals surface area contributed by atoms with Gasteiger partial charge in [0, 0.05) is 11.1 Å². The molecule has 0 fully saturated rings. The molecule has 0 aliphatic carbocycles. The molecule has 1 unspecified atom stereocenters. The maximum absolute atomic E-state index is 8.92. The highest BCUT2D eigenvalue weighted by molar-refractivity contribution is 6.30. The number of nitrogens with one attached hydrogen (secondary N) is 1. The number of hydrogen-bond acceptors (Lipinski definition) is 3. The van der Waals surface area contributed by atoms with Gasteiger partial charge >= 0.3 is 0 Å². The van der Waals surface area contributed by atoms with E-state index in [2.05, 4.69) is 5.32 Å². The van der Waals surface area contributed by atoms with Gasteiger partial charge in [0.25, 0.3) is 0 Å². The summed E-state index contributed by atoms with van der Waals surface area (Å²) in [6.07, 6.45) is 0. The average Bonchev–Trinajstić information content (AvgIpc) is 2.26. The van der Waals surface area contributed by atoms with E-state index in [9.17, 15) is 0 Å². The summed E-state index contributed by atoms with van der Waals surface area (Å²) in [5.41, 5.74) is 1.08. The van der Waals surface area contributed by atoms with Crippen molar-refractivity contribution in [1.29, 1.82) is 0 Å². The lowest BCUT2D eigenvalue weighted by Gasteiger charge is -2.20. The van der Waals surface area contributed by atoms with Crippen molar-refractivity contribution in [2.24, 2.45) is 0 Å². The lowest BCUT2D eigenvalue weighted by molar-refractivity contribution is 0.163. The Morgan fingerprint density at radius 1 is 1.20 bits per heavy atom. The fourth-order valence-electron chi connectivity index (χ4n) is 1.36. The lowest BCUT2D eigenvalue weighted by atomic mass is 10.1. The van der Waals surface area contributed by atoms with Crippen LogP contribution in [0, 0.1) is 0 Å². The van der Waals surface area contributed by atoms with Crippen molar-refractivity contribution in [1.82, 2.24) is 5.32 Å². The molecule has 0 aliphatic heterocycles. The third-order valence-electron chi connectivity index (χ3n) is 2.30. The molecule has 1 aromatic carbocycles. The van der Waals surface area contributed by atoms with E-state index in [0.29, 0.717) is 5.02 Å². The Hall–Kier alpha value is -0.610. The minimum Gasteiger partial charge on any atom is -0.395 e. The molecule has 15 heavy (non-hydrogen) atoms. The summed E-state index contributed by atoms with van der Waals surface area (Å²) in [5.74, 6) is 0. The van der Waals surface area contributed by atoms with E-state index < -0.39 is 0 Å². The normalized spacial score (nSPS) is 13.1. The van der Waals surface area contributed by atoms with Gasteiger partial charge in [-0.2, -0.15) is 0 Å². The molecule has 0 radical (unpaired) electrons. The Labute approximate surface area is 94.7 Å². The monoisotopic (exact) mass is 229 g/mol. The number of halogens is 1. The van der Waals surface area contributed by atoms with Crippen LogP contribution in [0.15, 0.2) is 24.3 Å². The largest absolute Gasteiger partial charge is 0.395 e. The standard InChI is InChI=1S/C11H16ClNO2/c1-8(13-11(6-14)7-15)9-2-4-10(12)5-3-9/h2-5,8,11,13-15H,6-7H2,1H3. The molecule has 4 heteroatoms. The summed E-state index contributed by atoms with van der Waals surface area (Å²) in [5, 5.41) is 21.7. The molecule has 0 aliphatic rings. The van der Waals surface area contributed by atoms with E-state index in [1.165, 1.54) is 0 Å². The fourth-order valence-corrected chi connectivity index (χ4v) is 1.49. The topological polar surface area (TPSA) is 52.5 Å². The van der Waals surface area contributed by atoms with Crippen LogP contribution in [0.3, 0.4) is 0 Å².